The Hall–Kier alpha value is -1.71. The van der Waals surface area contributed by atoms with E-state index >= 15 is 0 Å². The van der Waals surface area contributed by atoms with Gasteiger partial charge in [-0.2, -0.15) is 4.98 Å². The highest BCUT2D eigenvalue weighted by atomic mass is 16.4. The molecule has 0 spiro atoms. The lowest BCUT2D eigenvalue weighted by Crippen LogP contribution is -2.33. The van der Waals surface area contributed by atoms with Gasteiger partial charge in [0, 0.05) is 18.3 Å². The number of rotatable bonds is 3. The number of nitrogen functional groups attached to an aromatic ring is 1. The molecular weight excluding hydrogens is 226 g/mol. The zero-order valence-corrected chi connectivity index (χ0v) is 10.7. The predicted molar refractivity (Wildman–Crippen MR) is 73.7 cm³/mol. The molecule has 0 radical (unpaired) electrons. The largest absolute Gasteiger partial charge is 0.423 e. The van der Waals surface area contributed by atoms with Crippen LogP contribution in [0.3, 0.4) is 0 Å². The van der Waals surface area contributed by atoms with Gasteiger partial charge in [0.1, 0.15) is 5.52 Å². The standard InChI is InChI=1S/C14H19N3O/c1-2-17(11-5-3-4-6-11)14-16-12-9-10(15)7-8-13(12)18-14/h7-9,11H,2-6,15H2,1H3. The zero-order valence-electron chi connectivity index (χ0n) is 10.7. The van der Waals surface area contributed by atoms with Crippen LogP contribution in [0.4, 0.5) is 11.7 Å². The third-order valence-corrected chi connectivity index (χ3v) is 3.75. The molecule has 1 aromatic heterocycles. The SMILES string of the molecule is CCN(c1nc2cc(N)ccc2o1)C1CCCC1. The molecule has 0 atom stereocenters. The second-order valence-electron chi connectivity index (χ2n) is 4.95. The van der Waals surface area contributed by atoms with Crippen molar-refractivity contribution in [2.24, 2.45) is 0 Å². The molecule has 1 fully saturated rings. The molecule has 0 aliphatic heterocycles. The first-order chi connectivity index (χ1) is 8.78. The first kappa shape index (κ1) is 11.4. The van der Waals surface area contributed by atoms with Gasteiger partial charge in [-0.3, -0.25) is 0 Å². The van der Waals surface area contributed by atoms with Crippen LogP contribution in [0.25, 0.3) is 11.1 Å². The summed E-state index contributed by atoms with van der Waals surface area (Å²) in [6.07, 6.45) is 5.12. The van der Waals surface area contributed by atoms with E-state index in [2.05, 4.69) is 16.8 Å². The van der Waals surface area contributed by atoms with Crippen molar-refractivity contribution < 1.29 is 4.42 Å². The van der Waals surface area contributed by atoms with Gasteiger partial charge < -0.3 is 15.1 Å². The van der Waals surface area contributed by atoms with E-state index in [1.807, 2.05) is 18.2 Å². The molecule has 4 nitrogen and oxygen atoms in total. The Kier molecular flexibility index (Phi) is 2.86. The van der Waals surface area contributed by atoms with E-state index in [1.165, 1.54) is 25.7 Å². The summed E-state index contributed by atoms with van der Waals surface area (Å²) >= 11 is 0. The lowest BCUT2D eigenvalue weighted by atomic mass is 10.2. The Balaban J connectivity index is 1.96. The number of fused-ring (bicyclic) bond motifs is 1. The molecule has 18 heavy (non-hydrogen) atoms. The fourth-order valence-corrected chi connectivity index (χ4v) is 2.82. The van der Waals surface area contributed by atoms with Crippen molar-refractivity contribution in [2.75, 3.05) is 17.2 Å². The Bertz CT molecular complexity index is 543. The Labute approximate surface area is 107 Å². The number of aromatic nitrogens is 1. The van der Waals surface area contributed by atoms with Crippen molar-refractivity contribution >= 4 is 22.8 Å². The van der Waals surface area contributed by atoms with E-state index in [1.54, 1.807) is 0 Å². The summed E-state index contributed by atoms with van der Waals surface area (Å²) in [7, 11) is 0. The van der Waals surface area contributed by atoms with E-state index in [4.69, 9.17) is 10.2 Å². The Morgan fingerprint density at radius 1 is 1.39 bits per heavy atom. The van der Waals surface area contributed by atoms with E-state index in [0.29, 0.717) is 6.04 Å². The van der Waals surface area contributed by atoms with Crippen LogP contribution in [0.15, 0.2) is 22.6 Å². The summed E-state index contributed by atoms with van der Waals surface area (Å²) in [4.78, 5) is 6.85. The van der Waals surface area contributed by atoms with Crippen LogP contribution in [-0.4, -0.2) is 17.6 Å². The van der Waals surface area contributed by atoms with Crippen molar-refractivity contribution in [1.82, 2.24) is 4.98 Å². The number of oxazole rings is 1. The Morgan fingerprint density at radius 3 is 2.89 bits per heavy atom. The van der Waals surface area contributed by atoms with Gasteiger partial charge >= 0.3 is 0 Å². The molecule has 0 bridgehead atoms. The van der Waals surface area contributed by atoms with Crippen molar-refractivity contribution in [3.05, 3.63) is 18.2 Å². The van der Waals surface area contributed by atoms with Gasteiger partial charge in [0.25, 0.3) is 6.01 Å². The maximum atomic E-state index is 5.85. The molecule has 0 amide bonds. The maximum Gasteiger partial charge on any atom is 0.298 e. The first-order valence-corrected chi connectivity index (χ1v) is 6.70. The van der Waals surface area contributed by atoms with Crippen LogP contribution in [0.1, 0.15) is 32.6 Å². The highest BCUT2D eigenvalue weighted by molar-refractivity contribution is 5.78. The number of benzene rings is 1. The van der Waals surface area contributed by atoms with Crippen molar-refractivity contribution in [2.45, 2.75) is 38.6 Å². The summed E-state index contributed by atoms with van der Waals surface area (Å²) in [6.45, 7) is 3.09. The van der Waals surface area contributed by atoms with Gasteiger partial charge in [0.15, 0.2) is 5.58 Å². The van der Waals surface area contributed by atoms with Crippen LogP contribution in [0, 0.1) is 0 Å². The number of nitrogens with two attached hydrogens (primary N) is 1. The molecule has 96 valence electrons. The van der Waals surface area contributed by atoms with Crippen LogP contribution < -0.4 is 10.6 Å². The fraction of sp³-hybridized carbons (Fsp3) is 0.500. The third kappa shape index (κ3) is 1.92. The molecule has 3 rings (SSSR count). The van der Waals surface area contributed by atoms with E-state index in [9.17, 15) is 0 Å². The van der Waals surface area contributed by atoms with Crippen LogP contribution in [-0.2, 0) is 0 Å². The van der Waals surface area contributed by atoms with Gasteiger partial charge in [-0.25, -0.2) is 0 Å². The summed E-state index contributed by atoms with van der Waals surface area (Å²) in [6, 6.07) is 6.93. The minimum absolute atomic E-state index is 0.584. The van der Waals surface area contributed by atoms with E-state index < -0.39 is 0 Å². The van der Waals surface area contributed by atoms with Gasteiger partial charge in [-0.15, -0.1) is 0 Å². The lowest BCUT2D eigenvalue weighted by Gasteiger charge is -2.25. The Morgan fingerprint density at radius 2 is 2.17 bits per heavy atom. The van der Waals surface area contributed by atoms with E-state index in [-0.39, 0.29) is 0 Å². The molecule has 1 aromatic carbocycles. The smallest absolute Gasteiger partial charge is 0.298 e. The number of nitrogens with zero attached hydrogens (tertiary/aromatic N) is 2. The highest BCUT2D eigenvalue weighted by Crippen LogP contribution is 2.30. The number of anilines is 2. The molecule has 1 saturated carbocycles. The van der Waals surface area contributed by atoms with Crippen molar-refractivity contribution in [3.63, 3.8) is 0 Å². The number of hydrogen-bond donors (Lipinski definition) is 1. The minimum Gasteiger partial charge on any atom is -0.423 e. The van der Waals surface area contributed by atoms with Crippen molar-refractivity contribution in [1.29, 1.82) is 0 Å². The second kappa shape index (κ2) is 4.52. The van der Waals surface area contributed by atoms with Gasteiger partial charge in [0.05, 0.1) is 0 Å². The summed E-state index contributed by atoms with van der Waals surface area (Å²) in [5.41, 5.74) is 8.16. The molecule has 2 aromatic rings. The first-order valence-electron chi connectivity index (χ1n) is 6.70. The molecule has 1 aliphatic carbocycles. The molecular formula is C14H19N3O. The topological polar surface area (TPSA) is 55.3 Å². The zero-order chi connectivity index (χ0) is 12.5. The van der Waals surface area contributed by atoms with Gasteiger partial charge in [0.2, 0.25) is 0 Å². The third-order valence-electron chi connectivity index (χ3n) is 3.75. The monoisotopic (exact) mass is 245 g/mol. The summed E-state index contributed by atoms with van der Waals surface area (Å²) in [5, 5.41) is 0. The highest BCUT2D eigenvalue weighted by Gasteiger charge is 2.25. The normalized spacial score (nSPS) is 16.5. The average Bonchev–Trinajstić information content (AvgIpc) is 2.98. The van der Waals surface area contributed by atoms with Gasteiger partial charge in [-0.1, -0.05) is 12.8 Å². The average molecular weight is 245 g/mol. The quantitative estimate of drug-likeness (QED) is 0.844. The van der Waals surface area contributed by atoms with E-state index in [0.717, 1.165) is 29.3 Å². The van der Waals surface area contributed by atoms with Crippen molar-refractivity contribution in [3.8, 4) is 0 Å². The van der Waals surface area contributed by atoms with Gasteiger partial charge in [-0.05, 0) is 38.0 Å². The summed E-state index contributed by atoms with van der Waals surface area (Å²) in [5.74, 6) is 0. The molecule has 1 heterocycles. The molecule has 2 N–H and O–H groups in total. The fourth-order valence-electron chi connectivity index (χ4n) is 2.82. The predicted octanol–water partition coefficient (Wildman–Crippen LogP) is 3.18. The van der Waals surface area contributed by atoms with Crippen LogP contribution in [0.5, 0.6) is 0 Å². The minimum atomic E-state index is 0.584. The second-order valence-corrected chi connectivity index (χ2v) is 4.95. The van der Waals surface area contributed by atoms with Crippen LogP contribution >= 0.6 is 0 Å². The number of hydrogen-bond acceptors (Lipinski definition) is 4. The maximum absolute atomic E-state index is 5.85. The lowest BCUT2D eigenvalue weighted by molar-refractivity contribution is 0.519. The molecule has 0 saturated heterocycles. The molecule has 1 aliphatic rings. The van der Waals surface area contributed by atoms with Crippen LogP contribution in [0.2, 0.25) is 0 Å². The molecule has 0 unspecified atom stereocenters. The summed E-state index contributed by atoms with van der Waals surface area (Å²) < 4.78 is 5.85. The molecule has 4 heteroatoms.